The first-order valence-corrected chi connectivity index (χ1v) is 9.25. The van der Waals surface area contributed by atoms with Crippen LogP contribution in [0.3, 0.4) is 0 Å². The zero-order chi connectivity index (χ0) is 20.6. The van der Waals surface area contributed by atoms with E-state index in [0.717, 1.165) is 23.2 Å². The predicted octanol–water partition coefficient (Wildman–Crippen LogP) is 1.28. The summed E-state index contributed by atoms with van der Waals surface area (Å²) in [5.74, 6) is 0.445. The minimum atomic E-state index is -0.497. The molecule has 28 heavy (non-hydrogen) atoms. The second kappa shape index (κ2) is 7.76. The molecule has 10 heteroatoms. The highest BCUT2D eigenvalue weighted by Gasteiger charge is 2.24. The number of hydrogen-bond acceptors (Lipinski definition) is 6. The summed E-state index contributed by atoms with van der Waals surface area (Å²) in [6, 6.07) is 5.15. The standard InChI is InChI=1S/C18H22ClN5O4/c1-12-10-13(4-5-14(12)24(27)28)11-22-6-8-23(9-7-22)16-15(19)17(25)21(3)18(26)20(16)2/h4-5,10H,6-9,11H2,1-3H3. The van der Waals surface area contributed by atoms with Crippen LogP contribution in [-0.2, 0) is 20.6 Å². The SMILES string of the molecule is Cc1cc(CN2CCN(c3c(Cl)c(=O)n(C)c(=O)n3C)CC2)ccc1[N+](=O)[O-]. The van der Waals surface area contributed by atoms with E-state index in [0.29, 0.717) is 31.0 Å². The van der Waals surface area contributed by atoms with Gasteiger partial charge in [0.05, 0.1) is 4.92 Å². The molecule has 0 N–H and O–H groups in total. The molecule has 0 unspecified atom stereocenters. The van der Waals surface area contributed by atoms with Gasteiger partial charge in [0.15, 0.2) is 0 Å². The van der Waals surface area contributed by atoms with Crippen LogP contribution in [0.2, 0.25) is 5.02 Å². The smallest absolute Gasteiger partial charge is 0.332 e. The lowest BCUT2D eigenvalue weighted by Gasteiger charge is -2.37. The number of aryl methyl sites for hydroxylation is 1. The lowest BCUT2D eigenvalue weighted by atomic mass is 10.1. The van der Waals surface area contributed by atoms with E-state index in [1.54, 1.807) is 20.0 Å². The Labute approximate surface area is 166 Å². The van der Waals surface area contributed by atoms with Crippen molar-refractivity contribution in [3.63, 3.8) is 0 Å². The quantitative estimate of drug-likeness (QED) is 0.559. The van der Waals surface area contributed by atoms with Crippen molar-refractivity contribution in [1.82, 2.24) is 14.0 Å². The van der Waals surface area contributed by atoms with Crippen LogP contribution in [0, 0.1) is 17.0 Å². The Morgan fingerprint density at radius 1 is 1.11 bits per heavy atom. The van der Waals surface area contributed by atoms with Crippen LogP contribution in [-0.4, -0.2) is 45.1 Å². The second-order valence-corrected chi connectivity index (χ2v) is 7.36. The number of nitro benzene ring substituents is 1. The highest BCUT2D eigenvalue weighted by molar-refractivity contribution is 6.32. The Morgan fingerprint density at radius 2 is 1.75 bits per heavy atom. The van der Waals surface area contributed by atoms with E-state index in [1.807, 2.05) is 11.0 Å². The molecule has 0 bridgehead atoms. The van der Waals surface area contributed by atoms with Crippen LogP contribution < -0.4 is 16.1 Å². The first-order chi connectivity index (χ1) is 13.2. The molecule has 1 aromatic heterocycles. The van der Waals surface area contributed by atoms with Gasteiger partial charge in [0.1, 0.15) is 10.8 Å². The van der Waals surface area contributed by atoms with Crippen LogP contribution in [0.25, 0.3) is 0 Å². The third-order valence-electron chi connectivity index (χ3n) is 5.12. The Bertz CT molecular complexity index is 1000. The van der Waals surface area contributed by atoms with Gasteiger partial charge in [0, 0.05) is 58.4 Å². The molecule has 0 radical (unpaired) electrons. The van der Waals surface area contributed by atoms with Gasteiger partial charge in [-0.3, -0.25) is 28.9 Å². The summed E-state index contributed by atoms with van der Waals surface area (Å²) in [7, 11) is 3.01. The third-order valence-corrected chi connectivity index (χ3v) is 5.45. The number of anilines is 1. The van der Waals surface area contributed by atoms with Gasteiger partial charge >= 0.3 is 5.69 Å². The van der Waals surface area contributed by atoms with E-state index in [1.165, 1.54) is 17.7 Å². The number of aromatic nitrogens is 2. The van der Waals surface area contributed by atoms with Gasteiger partial charge in [-0.2, -0.15) is 0 Å². The fraction of sp³-hybridized carbons (Fsp3) is 0.444. The number of nitrogens with zero attached hydrogens (tertiary/aromatic N) is 5. The molecule has 1 aliphatic rings. The number of benzene rings is 1. The number of hydrogen-bond donors (Lipinski definition) is 0. The van der Waals surface area contributed by atoms with Crippen molar-refractivity contribution in [2.45, 2.75) is 13.5 Å². The van der Waals surface area contributed by atoms with Crippen LogP contribution in [0.15, 0.2) is 27.8 Å². The van der Waals surface area contributed by atoms with Gasteiger partial charge in [-0.25, -0.2) is 4.79 Å². The van der Waals surface area contributed by atoms with Crippen molar-refractivity contribution in [3.05, 3.63) is 65.3 Å². The number of nitro groups is 1. The van der Waals surface area contributed by atoms with Crippen LogP contribution in [0.1, 0.15) is 11.1 Å². The van der Waals surface area contributed by atoms with Gasteiger partial charge in [0.2, 0.25) is 0 Å². The summed E-state index contributed by atoms with van der Waals surface area (Å²) >= 11 is 6.23. The maximum Gasteiger partial charge on any atom is 0.332 e. The van der Waals surface area contributed by atoms with Crippen molar-refractivity contribution in [3.8, 4) is 0 Å². The number of piperazine rings is 1. The molecule has 0 aliphatic carbocycles. The van der Waals surface area contributed by atoms with Crippen molar-refractivity contribution < 1.29 is 4.92 Å². The lowest BCUT2D eigenvalue weighted by molar-refractivity contribution is -0.385. The van der Waals surface area contributed by atoms with E-state index in [-0.39, 0.29) is 15.6 Å². The molecule has 1 fully saturated rings. The summed E-state index contributed by atoms with van der Waals surface area (Å²) in [4.78, 5) is 39.1. The average molecular weight is 408 g/mol. The van der Waals surface area contributed by atoms with Crippen molar-refractivity contribution >= 4 is 23.1 Å². The summed E-state index contributed by atoms with van der Waals surface area (Å²) in [6.07, 6.45) is 0. The van der Waals surface area contributed by atoms with E-state index in [9.17, 15) is 19.7 Å². The third kappa shape index (κ3) is 3.67. The monoisotopic (exact) mass is 407 g/mol. The molecule has 1 saturated heterocycles. The van der Waals surface area contributed by atoms with Gasteiger partial charge < -0.3 is 4.90 Å². The van der Waals surface area contributed by atoms with Gasteiger partial charge in [-0.15, -0.1) is 0 Å². The Morgan fingerprint density at radius 3 is 2.32 bits per heavy atom. The molecule has 150 valence electrons. The molecule has 3 rings (SSSR count). The molecule has 0 spiro atoms. The molecule has 0 saturated carbocycles. The molecule has 1 aliphatic heterocycles. The van der Waals surface area contributed by atoms with Crippen LogP contribution >= 0.6 is 11.6 Å². The van der Waals surface area contributed by atoms with Gasteiger partial charge in [0.25, 0.3) is 11.2 Å². The second-order valence-electron chi connectivity index (χ2n) is 6.98. The van der Waals surface area contributed by atoms with Crippen molar-refractivity contribution in [2.24, 2.45) is 14.1 Å². The average Bonchev–Trinajstić information content (AvgIpc) is 2.66. The van der Waals surface area contributed by atoms with Crippen LogP contribution in [0.4, 0.5) is 11.5 Å². The first-order valence-electron chi connectivity index (χ1n) is 8.87. The van der Waals surface area contributed by atoms with E-state index < -0.39 is 11.2 Å². The van der Waals surface area contributed by atoms with Crippen LogP contribution in [0.5, 0.6) is 0 Å². The minimum Gasteiger partial charge on any atom is -0.354 e. The molecular weight excluding hydrogens is 386 g/mol. The summed E-state index contributed by atoms with van der Waals surface area (Å²) in [5.41, 5.74) is 0.866. The van der Waals surface area contributed by atoms with Gasteiger partial charge in [-0.1, -0.05) is 17.7 Å². The molecule has 9 nitrogen and oxygen atoms in total. The maximum atomic E-state index is 12.2. The van der Waals surface area contributed by atoms with E-state index in [2.05, 4.69) is 4.90 Å². The van der Waals surface area contributed by atoms with E-state index >= 15 is 0 Å². The topological polar surface area (TPSA) is 93.6 Å². The van der Waals surface area contributed by atoms with Gasteiger partial charge in [-0.05, 0) is 18.6 Å². The maximum absolute atomic E-state index is 12.2. The molecular formula is C18H22ClN5O4. The van der Waals surface area contributed by atoms with Crippen molar-refractivity contribution in [2.75, 3.05) is 31.1 Å². The fourth-order valence-corrected chi connectivity index (χ4v) is 3.91. The lowest BCUT2D eigenvalue weighted by Crippen LogP contribution is -2.49. The Balaban J connectivity index is 1.72. The molecule has 0 atom stereocenters. The highest BCUT2D eigenvalue weighted by Crippen LogP contribution is 2.23. The summed E-state index contributed by atoms with van der Waals surface area (Å²) < 4.78 is 2.40. The minimum absolute atomic E-state index is 0.0454. The molecule has 2 aromatic rings. The number of rotatable bonds is 4. The molecule has 1 aromatic carbocycles. The first kappa shape index (κ1) is 20.1. The largest absolute Gasteiger partial charge is 0.354 e. The summed E-state index contributed by atoms with van der Waals surface area (Å²) in [6.45, 7) is 5.08. The Kier molecular flexibility index (Phi) is 5.57. The normalized spacial score (nSPS) is 15.1. The molecule has 0 amide bonds. The fourth-order valence-electron chi connectivity index (χ4n) is 3.54. The zero-order valence-corrected chi connectivity index (χ0v) is 16.8. The molecule has 2 heterocycles. The predicted molar refractivity (Wildman–Crippen MR) is 107 cm³/mol. The zero-order valence-electron chi connectivity index (χ0n) is 16.0. The highest BCUT2D eigenvalue weighted by atomic mass is 35.5. The Hall–Kier alpha value is -2.65. The summed E-state index contributed by atoms with van der Waals surface area (Å²) in [5, 5.41) is 11.0. The number of halogens is 1. The van der Waals surface area contributed by atoms with Crippen molar-refractivity contribution in [1.29, 1.82) is 0 Å². The van der Waals surface area contributed by atoms with E-state index in [4.69, 9.17) is 11.6 Å².